The van der Waals surface area contributed by atoms with Crippen molar-refractivity contribution >= 4 is 5.97 Å². The van der Waals surface area contributed by atoms with Gasteiger partial charge in [-0.3, -0.25) is 0 Å². The summed E-state index contributed by atoms with van der Waals surface area (Å²) in [6.07, 6.45) is -7.87. The molecule has 7 aliphatic rings. The molecule has 4 heterocycles. The molecule has 3 saturated carbocycles. The van der Waals surface area contributed by atoms with Crippen LogP contribution in [0.2, 0.25) is 0 Å². The predicted octanol–water partition coefficient (Wildman–Crippen LogP) is -1.36. The molecule has 0 aromatic heterocycles. The van der Waals surface area contributed by atoms with Crippen LogP contribution < -0.4 is 0 Å². The third-order valence-electron chi connectivity index (χ3n) is 8.57. The van der Waals surface area contributed by atoms with Crippen molar-refractivity contribution in [3.05, 3.63) is 35.9 Å². The summed E-state index contributed by atoms with van der Waals surface area (Å²) < 4.78 is 29.7. The number of benzene rings is 1. The van der Waals surface area contributed by atoms with Crippen LogP contribution in [0.5, 0.6) is 0 Å². The first-order chi connectivity index (χ1) is 16.1. The van der Waals surface area contributed by atoms with Gasteiger partial charge in [-0.1, -0.05) is 18.2 Å². The minimum Gasteiger partial charge on any atom is -0.461 e. The maximum atomic E-state index is 12.7. The van der Waals surface area contributed by atoms with E-state index in [0.29, 0.717) is 5.56 Å². The summed E-state index contributed by atoms with van der Waals surface area (Å²) in [5.74, 6) is -2.49. The van der Waals surface area contributed by atoms with E-state index in [1.54, 1.807) is 37.3 Å². The molecule has 7 fully saturated rings. The van der Waals surface area contributed by atoms with Crippen LogP contribution in [0, 0.1) is 11.3 Å². The Morgan fingerprint density at radius 2 is 1.85 bits per heavy atom. The van der Waals surface area contributed by atoms with Crippen LogP contribution in [-0.2, 0) is 23.7 Å². The maximum absolute atomic E-state index is 12.7. The lowest BCUT2D eigenvalue weighted by atomic mass is 9.41. The normalized spacial score (nSPS) is 52.5. The van der Waals surface area contributed by atoms with E-state index in [1.807, 2.05) is 0 Å². The summed E-state index contributed by atoms with van der Waals surface area (Å²) in [6, 6.07) is 8.47. The fourth-order valence-electron chi connectivity index (χ4n) is 6.87. The fourth-order valence-corrected chi connectivity index (χ4v) is 6.87. The van der Waals surface area contributed by atoms with Gasteiger partial charge in [0.2, 0.25) is 0 Å². The standard InChI is InChI=1S/C23H28O11/c1-20-9-22(29)13-7-23(20,32-18-16(27)15(26)14(25)12(8-24)31-18)21(13,19(33-20)34-22)10-30-17(28)11-5-3-2-4-6-11/h2-6,12-16,18-19,24-27,29H,7-10H2,1H3/t12-,13-,14-,15+,16-,18+,19-,20+,21+,22+,23+/m1/s1. The Balaban J connectivity index is 1.32. The zero-order valence-corrected chi connectivity index (χ0v) is 18.4. The number of hydrogen-bond acceptors (Lipinski definition) is 11. The zero-order valence-electron chi connectivity index (χ0n) is 18.4. The number of aliphatic hydroxyl groups excluding tert-OH is 4. The molecule has 186 valence electrons. The van der Waals surface area contributed by atoms with E-state index < -0.39 is 77.9 Å². The third-order valence-corrected chi connectivity index (χ3v) is 8.57. The van der Waals surface area contributed by atoms with Gasteiger partial charge in [-0.15, -0.1) is 0 Å². The number of hydrogen-bond donors (Lipinski definition) is 5. The molecule has 4 aliphatic heterocycles. The van der Waals surface area contributed by atoms with Crippen LogP contribution in [0.1, 0.15) is 30.1 Å². The summed E-state index contributed by atoms with van der Waals surface area (Å²) in [5.41, 5.74) is -2.99. The molecule has 3 aliphatic carbocycles. The number of carbonyl (C=O) groups excluding carboxylic acids is 1. The van der Waals surface area contributed by atoms with Crippen LogP contribution in [0.25, 0.3) is 0 Å². The zero-order chi connectivity index (χ0) is 24.1. The van der Waals surface area contributed by atoms with Crippen molar-refractivity contribution in [3.63, 3.8) is 0 Å². The molecule has 5 N–H and O–H groups in total. The largest absolute Gasteiger partial charge is 0.461 e. The Hall–Kier alpha value is -1.67. The van der Waals surface area contributed by atoms with Gasteiger partial charge in [0.1, 0.15) is 42.2 Å². The van der Waals surface area contributed by atoms with Gasteiger partial charge < -0.3 is 49.2 Å². The quantitative estimate of drug-likeness (QED) is 0.306. The van der Waals surface area contributed by atoms with Gasteiger partial charge in [-0.25, -0.2) is 4.79 Å². The number of esters is 1. The molecule has 8 rings (SSSR count). The van der Waals surface area contributed by atoms with Gasteiger partial charge in [-0.05, 0) is 25.5 Å². The first kappa shape index (κ1) is 22.8. The highest BCUT2D eigenvalue weighted by molar-refractivity contribution is 5.89. The molecule has 34 heavy (non-hydrogen) atoms. The van der Waals surface area contributed by atoms with Crippen molar-refractivity contribution in [2.75, 3.05) is 13.2 Å². The SMILES string of the molecule is C[C@@]12C[C@]3(O)O[C@@H](O1)[C@]1(COC(=O)c4ccccc4)[C@H]3C[C@@]12O[C@@H]1O[C@H](CO)[C@@H](O)[C@H](O)[C@H]1O. The molecule has 0 amide bonds. The van der Waals surface area contributed by atoms with E-state index in [4.69, 9.17) is 23.7 Å². The van der Waals surface area contributed by atoms with Gasteiger partial charge in [0.15, 0.2) is 18.4 Å². The Bertz CT molecular complexity index is 988. The van der Waals surface area contributed by atoms with Crippen molar-refractivity contribution in [2.24, 2.45) is 11.3 Å². The number of carbonyl (C=O) groups is 1. The van der Waals surface area contributed by atoms with Crippen molar-refractivity contribution in [2.45, 2.75) is 73.8 Å². The lowest BCUT2D eigenvalue weighted by Crippen LogP contribution is -2.80. The Labute approximate surface area is 194 Å². The van der Waals surface area contributed by atoms with E-state index in [0.717, 1.165) is 0 Å². The van der Waals surface area contributed by atoms with Gasteiger partial charge in [0.25, 0.3) is 0 Å². The topological polar surface area (TPSA) is 164 Å². The Morgan fingerprint density at radius 1 is 1.12 bits per heavy atom. The van der Waals surface area contributed by atoms with E-state index >= 15 is 0 Å². The highest BCUT2D eigenvalue weighted by atomic mass is 16.8. The monoisotopic (exact) mass is 480 g/mol. The Morgan fingerprint density at radius 3 is 2.56 bits per heavy atom. The fraction of sp³-hybridized carbons (Fsp3) is 0.696. The van der Waals surface area contributed by atoms with Crippen molar-refractivity contribution in [1.82, 2.24) is 0 Å². The molecular formula is C23H28O11. The molecule has 4 saturated heterocycles. The molecule has 0 unspecified atom stereocenters. The smallest absolute Gasteiger partial charge is 0.338 e. The molecule has 0 radical (unpaired) electrons. The molecule has 11 heteroatoms. The van der Waals surface area contributed by atoms with Crippen LogP contribution in [0.3, 0.4) is 0 Å². The van der Waals surface area contributed by atoms with Crippen molar-refractivity contribution in [1.29, 1.82) is 0 Å². The second-order valence-electron chi connectivity index (χ2n) is 10.2. The van der Waals surface area contributed by atoms with E-state index in [9.17, 15) is 30.3 Å². The number of aliphatic hydroxyl groups is 5. The summed E-state index contributed by atoms with van der Waals surface area (Å²) >= 11 is 0. The summed E-state index contributed by atoms with van der Waals surface area (Å²) in [7, 11) is 0. The van der Waals surface area contributed by atoms with Gasteiger partial charge >= 0.3 is 5.97 Å². The second kappa shape index (κ2) is 7.19. The van der Waals surface area contributed by atoms with Crippen molar-refractivity contribution < 1.29 is 54.0 Å². The summed E-state index contributed by atoms with van der Waals surface area (Å²) in [6.45, 7) is 0.985. The molecule has 11 nitrogen and oxygen atoms in total. The minimum absolute atomic E-state index is 0.0902. The maximum Gasteiger partial charge on any atom is 0.338 e. The Kier molecular flexibility index (Phi) is 4.81. The highest BCUT2D eigenvalue weighted by Crippen LogP contribution is 2.81. The molecule has 0 spiro atoms. The second-order valence-corrected chi connectivity index (χ2v) is 10.2. The van der Waals surface area contributed by atoms with Gasteiger partial charge in [-0.2, -0.15) is 0 Å². The van der Waals surface area contributed by atoms with E-state index in [-0.39, 0.29) is 19.4 Å². The molecule has 1 aromatic carbocycles. The van der Waals surface area contributed by atoms with Crippen LogP contribution >= 0.6 is 0 Å². The highest BCUT2D eigenvalue weighted by Gasteiger charge is 2.94. The van der Waals surface area contributed by atoms with Gasteiger partial charge in [0, 0.05) is 12.3 Å². The number of rotatable bonds is 6. The van der Waals surface area contributed by atoms with Gasteiger partial charge in [0.05, 0.1) is 17.6 Å². The van der Waals surface area contributed by atoms with E-state index in [2.05, 4.69) is 0 Å². The molecule has 11 atom stereocenters. The minimum atomic E-state index is -1.61. The summed E-state index contributed by atoms with van der Waals surface area (Å²) in [4.78, 5) is 12.7. The molecular weight excluding hydrogens is 452 g/mol. The number of ether oxygens (including phenoxy) is 5. The van der Waals surface area contributed by atoms with Crippen molar-refractivity contribution in [3.8, 4) is 0 Å². The van der Waals surface area contributed by atoms with E-state index in [1.165, 1.54) is 0 Å². The lowest BCUT2D eigenvalue weighted by molar-refractivity contribution is -0.424. The summed E-state index contributed by atoms with van der Waals surface area (Å²) in [5, 5.41) is 51.7. The van der Waals surface area contributed by atoms with Crippen LogP contribution in [0.4, 0.5) is 0 Å². The first-order valence-electron chi connectivity index (χ1n) is 11.4. The van der Waals surface area contributed by atoms with Crippen LogP contribution in [-0.4, -0.2) is 98.7 Å². The molecule has 1 aromatic rings. The lowest BCUT2D eigenvalue weighted by Gasteiger charge is -2.67. The third kappa shape index (κ3) is 2.59. The average Bonchev–Trinajstić information content (AvgIpc) is 3.00. The first-order valence-corrected chi connectivity index (χ1v) is 11.4. The van der Waals surface area contributed by atoms with Crippen LogP contribution in [0.15, 0.2) is 30.3 Å². The predicted molar refractivity (Wildman–Crippen MR) is 109 cm³/mol. The average molecular weight is 480 g/mol. The molecule has 6 bridgehead atoms.